The van der Waals surface area contributed by atoms with E-state index in [4.69, 9.17) is 10.5 Å². The van der Waals surface area contributed by atoms with Gasteiger partial charge in [-0.1, -0.05) is 64.7 Å². The predicted octanol–water partition coefficient (Wildman–Crippen LogP) is 3.87. The zero-order chi connectivity index (χ0) is 12.5. The molecule has 0 heterocycles. The Morgan fingerprint density at radius 2 is 1.19 bits per heavy atom. The summed E-state index contributed by atoms with van der Waals surface area (Å²) in [5.41, 5.74) is 5.42. The third-order valence-electron chi connectivity index (χ3n) is 2.56. The minimum absolute atomic E-state index is 0.872. The van der Waals surface area contributed by atoms with Gasteiger partial charge in [0.2, 0.25) is 0 Å². The van der Waals surface area contributed by atoms with E-state index >= 15 is 0 Å². The fraction of sp³-hybridized carbons (Fsp3) is 0.857. The van der Waals surface area contributed by atoms with Crippen LogP contribution in [0, 0.1) is 0 Å². The third-order valence-corrected chi connectivity index (χ3v) is 2.56. The fourth-order valence-electron chi connectivity index (χ4n) is 1.63. The molecule has 2 nitrogen and oxygen atoms in total. The monoisotopic (exact) mass is 227 g/mol. The molecule has 0 radical (unpaired) electrons. The van der Waals surface area contributed by atoms with Crippen LogP contribution in [0.4, 0.5) is 0 Å². The van der Waals surface area contributed by atoms with E-state index in [1.165, 1.54) is 70.1 Å². The molecule has 0 aromatic carbocycles. The normalized spacial score (nSPS) is 9.12. The molecule has 0 rings (SSSR count). The van der Waals surface area contributed by atoms with Crippen molar-refractivity contribution in [3.8, 4) is 0 Å². The van der Waals surface area contributed by atoms with Gasteiger partial charge >= 0.3 is 0 Å². The van der Waals surface area contributed by atoms with Crippen molar-refractivity contribution in [2.75, 3.05) is 6.54 Å². The van der Waals surface area contributed by atoms with Gasteiger partial charge in [0, 0.05) is 0 Å². The molecular weight excluding hydrogens is 198 g/mol. The Bertz CT molecular complexity index is 130. The van der Waals surface area contributed by atoms with E-state index < -0.39 is 0 Å². The van der Waals surface area contributed by atoms with Crippen LogP contribution in [-0.4, -0.2) is 12.5 Å². The second-order valence-corrected chi connectivity index (χ2v) is 4.11. The molecule has 0 unspecified atom stereocenters. The fourth-order valence-corrected chi connectivity index (χ4v) is 1.63. The lowest BCUT2D eigenvalue weighted by Crippen LogP contribution is -1.97. The molecule has 0 amide bonds. The second-order valence-electron chi connectivity index (χ2n) is 4.11. The molecule has 0 bridgehead atoms. The first-order valence-electron chi connectivity index (χ1n) is 6.67. The average molecular weight is 227 g/mol. The summed E-state index contributed by atoms with van der Waals surface area (Å²) in [5.74, 6) is 1.25. The van der Waals surface area contributed by atoms with Gasteiger partial charge in [0.1, 0.15) is 5.94 Å². The van der Waals surface area contributed by atoms with Crippen LogP contribution in [0.25, 0.3) is 0 Å². The third kappa shape index (κ3) is 23.3. The van der Waals surface area contributed by atoms with Gasteiger partial charge in [-0.05, 0) is 19.5 Å². The molecule has 0 saturated heterocycles. The molecule has 0 aliphatic rings. The summed E-state index contributed by atoms with van der Waals surface area (Å²) in [4.78, 5) is 8.57. The predicted molar refractivity (Wildman–Crippen MR) is 72.2 cm³/mol. The SMILES string of the molecule is C=C=O.CCCCCCCCCCCCN. The van der Waals surface area contributed by atoms with E-state index in [-0.39, 0.29) is 0 Å². The van der Waals surface area contributed by atoms with E-state index in [1.54, 1.807) is 0 Å². The van der Waals surface area contributed by atoms with Crippen molar-refractivity contribution in [3.63, 3.8) is 0 Å². The van der Waals surface area contributed by atoms with Crippen LogP contribution in [0.3, 0.4) is 0 Å². The van der Waals surface area contributed by atoms with Crippen LogP contribution < -0.4 is 5.73 Å². The van der Waals surface area contributed by atoms with Gasteiger partial charge in [0.25, 0.3) is 0 Å². The maximum atomic E-state index is 8.57. The van der Waals surface area contributed by atoms with Gasteiger partial charge < -0.3 is 5.73 Å². The Morgan fingerprint density at radius 3 is 1.50 bits per heavy atom. The Kier molecular flexibility index (Phi) is 22.1. The molecule has 2 heteroatoms. The maximum absolute atomic E-state index is 8.57. The van der Waals surface area contributed by atoms with Gasteiger partial charge in [0.05, 0.1) is 0 Å². The summed E-state index contributed by atoms with van der Waals surface area (Å²) in [6.07, 6.45) is 13.9. The minimum Gasteiger partial charge on any atom is -0.330 e. The van der Waals surface area contributed by atoms with Gasteiger partial charge in [-0.2, -0.15) is 0 Å². The summed E-state index contributed by atoms with van der Waals surface area (Å²) in [5, 5.41) is 0. The first-order valence-corrected chi connectivity index (χ1v) is 6.67. The zero-order valence-electron chi connectivity index (χ0n) is 11.0. The molecule has 0 aromatic heterocycles. The van der Waals surface area contributed by atoms with Crippen molar-refractivity contribution in [1.82, 2.24) is 0 Å². The summed E-state index contributed by atoms with van der Waals surface area (Å²) in [6, 6.07) is 0. The standard InChI is InChI=1S/C12H27N.C2H2O/c1-2-3-4-5-6-7-8-9-10-11-12-13;1-2-3/h2-13H2,1H3;1H2. The highest BCUT2D eigenvalue weighted by molar-refractivity contribution is 5.38. The first-order chi connectivity index (χ1) is 7.83. The van der Waals surface area contributed by atoms with Gasteiger partial charge in [-0.25, -0.2) is 4.79 Å². The second kappa shape index (κ2) is 19.9. The molecule has 96 valence electrons. The summed E-state index contributed by atoms with van der Waals surface area (Å²) in [7, 11) is 0. The number of carbonyl (C=O) groups excluding carboxylic acids is 1. The van der Waals surface area contributed by atoms with Gasteiger partial charge in [-0.3, -0.25) is 0 Å². The lowest BCUT2D eigenvalue weighted by Gasteiger charge is -2.00. The molecule has 16 heavy (non-hydrogen) atoms. The molecule has 0 saturated carbocycles. The number of hydrogen-bond donors (Lipinski definition) is 1. The summed E-state index contributed by atoms with van der Waals surface area (Å²) in [6.45, 7) is 5.82. The highest BCUT2D eigenvalue weighted by Gasteiger charge is 1.91. The van der Waals surface area contributed by atoms with E-state index in [1.807, 2.05) is 0 Å². The smallest absolute Gasteiger partial charge is 0.116 e. The number of nitrogens with two attached hydrogens (primary N) is 1. The Labute approximate surface area is 101 Å². The first kappa shape index (κ1) is 17.8. The molecule has 0 spiro atoms. The van der Waals surface area contributed by atoms with Crippen molar-refractivity contribution < 1.29 is 4.79 Å². The molecule has 0 aliphatic heterocycles. The average Bonchev–Trinajstić information content (AvgIpc) is 2.28. The van der Waals surface area contributed by atoms with Crippen LogP contribution >= 0.6 is 0 Å². The lowest BCUT2D eigenvalue weighted by molar-refractivity contribution is 0.558. The number of unbranched alkanes of at least 4 members (excludes halogenated alkanes) is 9. The van der Waals surface area contributed by atoms with E-state index in [0.29, 0.717) is 0 Å². The molecule has 0 aliphatic carbocycles. The highest BCUT2D eigenvalue weighted by atomic mass is 16.1. The topological polar surface area (TPSA) is 43.1 Å². The molecule has 0 aromatic rings. The number of hydrogen-bond acceptors (Lipinski definition) is 2. The largest absolute Gasteiger partial charge is 0.330 e. The summed E-state index contributed by atoms with van der Waals surface area (Å²) < 4.78 is 0. The van der Waals surface area contributed by atoms with E-state index in [2.05, 4.69) is 13.5 Å². The molecule has 2 N–H and O–H groups in total. The van der Waals surface area contributed by atoms with Crippen LogP contribution in [-0.2, 0) is 4.79 Å². The Morgan fingerprint density at radius 1 is 0.875 bits per heavy atom. The highest BCUT2D eigenvalue weighted by Crippen LogP contribution is 2.09. The quantitative estimate of drug-likeness (QED) is 0.455. The summed E-state index contributed by atoms with van der Waals surface area (Å²) >= 11 is 0. The van der Waals surface area contributed by atoms with Crippen LogP contribution in [0.5, 0.6) is 0 Å². The van der Waals surface area contributed by atoms with Crippen LogP contribution in [0.1, 0.15) is 71.1 Å². The van der Waals surface area contributed by atoms with Gasteiger partial charge in [-0.15, -0.1) is 0 Å². The van der Waals surface area contributed by atoms with Crippen molar-refractivity contribution in [1.29, 1.82) is 0 Å². The van der Waals surface area contributed by atoms with Gasteiger partial charge in [0.15, 0.2) is 0 Å². The van der Waals surface area contributed by atoms with Crippen LogP contribution in [0.15, 0.2) is 6.58 Å². The molecule has 0 fully saturated rings. The van der Waals surface area contributed by atoms with Crippen molar-refractivity contribution in [2.24, 2.45) is 5.73 Å². The van der Waals surface area contributed by atoms with Crippen molar-refractivity contribution >= 4 is 5.94 Å². The molecule has 0 atom stereocenters. The van der Waals surface area contributed by atoms with Crippen LogP contribution in [0.2, 0.25) is 0 Å². The maximum Gasteiger partial charge on any atom is 0.116 e. The van der Waals surface area contributed by atoms with Crippen molar-refractivity contribution in [3.05, 3.63) is 6.58 Å². The van der Waals surface area contributed by atoms with Crippen molar-refractivity contribution in [2.45, 2.75) is 71.1 Å². The Hall–Kier alpha value is -0.590. The van der Waals surface area contributed by atoms with E-state index in [9.17, 15) is 0 Å². The zero-order valence-corrected chi connectivity index (χ0v) is 11.0. The molecular formula is C14H29NO. The minimum atomic E-state index is 0.872. The number of rotatable bonds is 10. The van der Waals surface area contributed by atoms with E-state index in [0.717, 1.165) is 6.54 Å². The lowest BCUT2D eigenvalue weighted by atomic mass is 10.1. The Balaban J connectivity index is 0.